The SMILES string of the molecule is FC(F)(F)CCCCN1CCNC2(CCCCC2)C1. The molecule has 0 aromatic heterocycles. The lowest BCUT2D eigenvalue weighted by atomic mass is 9.80. The summed E-state index contributed by atoms with van der Waals surface area (Å²) in [7, 11) is 0. The molecule has 0 amide bonds. The Hall–Kier alpha value is -0.290. The van der Waals surface area contributed by atoms with E-state index in [2.05, 4.69) is 10.2 Å². The lowest BCUT2D eigenvalue weighted by Gasteiger charge is -2.46. The molecule has 1 heterocycles. The minimum atomic E-state index is -3.99. The third-order valence-corrected chi connectivity index (χ3v) is 4.45. The molecule has 0 unspecified atom stereocenters. The van der Waals surface area contributed by atoms with Gasteiger partial charge in [-0.3, -0.25) is 0 Å². The summed E-state index contributed by atoms with van der Waals surface area (Å²) in [6, 6.07) is 0. The van der Waals surface area contributed by atoms with Crippen molar-refractivity contribution in [2.75, 3.05) is 26.2 Å². The predicted molar refractivity (Wildman–Crippen MR) is 70.2 cm³/mol. The number of alkyl halides is 3. The first-order chi connectivity index (χ1) is 8.99. The third-order valence-electron chi connectivity index (χ3n) is 4.45. The molecule has 0 aromatic rings. The van der Waals surface area contributed by atoms with Crippen LogP contribution in [0.15, 0.2) is 0 Å². The molecule has 1 saturated heterocycles. The summed E-state index contributed by atoms with van der Waals surface area (Å²) in [5, 5.41) is 3.66. The summed E-state index contributed by atoms with van der Waals surface area (Å²) in [6.07, 6.45) is 2.66. The quantitative estimate of drug-likeness (QED) is 0.794. The second kappa shape index (κ2) is 6.44. The highest BCUT2D eigenvalue weighted by atomic mass is 19.4. The molecule has 2 fully saturated rings. The topological polar surface area (TPSA) is 15.3 Å². The van der Waals surface area contributed by atoms with Crippen molar-refractivity contribution in [3.05, 3.63) is 0 Å². The molecule has 0 aromatic carbocycles. The fourth-order valence-electron chi connectivity index (χ4n) is 3.46. The van der Waals surface area contributed by atoms with Crippen molar-refractivity contribution in [1.82, 2.24) is 10.2 Å². The average Bonchev–Trinajstić information content (AvgIpc) is 2.35. The van der Waals surface area contributed by atoms with Gasteiger partial charge in [0.2, 0.25) is 0 Å². The molecule has 2 rings (SSSR count). The van der Waals surface area contributed by atoms with Gasteiger partial charge in [-0.1, -0.05) is 19.3 Å². The molecule has 0 radical (unpaired) electrons. The molecule has 1 aliphatic heterocycles. The van der Waals surface area contributed by atoms with Crippen molar-refractivity contribution >= 4 is 0 Å². The van der Waals surface area contributed by atoms with E-state index >= 15 is 0 Å². The number of nitrogens with zero attached hydrogens (tertiary/aromatic N) is 1. The van der Waals surface area contributed by atoms with E-state index < -0.39 is 12.6 Å². The van der Waals surface area contributed by atoms with Crippen LogP contribution in [0.5, 0.6) is 0 Å². The van der Waals surface area contributed by atoms with E-state index in [0.717, 1.165) is 26.2 Å². The van der Waals surface area contributed by atoms with Gasteiger partial charge in [0, 0.05) is 31.6 Å². The third kappa shape index (κ3) is 4.95. The fraction of sp³-hybridized carbons (Fsp3) is 1.00. The summed E-state index contributed by atoms with van der Waals surface area (Å²) in [6.45, 7) is 3.81. The second-order valence-electron chi connectivity index (χ2n) is 6.12. The standard InChI is InChI=1S/C14H25F3N2/c15-14(16,17)8-4-5-10-19-11-9-18-13(12-19)6-2-1-3-7-13/h18H,1-12H2. The van der Waals surface area contributed by atoms with Crippen LogP contribution in [0, 0.1) is 0 Å². The molecular formula is C14H25F3N2. The summed E-state index contributed by atoms with van der Waals surface area (Å²) in [5.74, 6) is 0. The van der Waals surface area contributed by atoms with Gasteiger partial charge in [0.25, 0.3) is 0 Å². The van der Waals surface area contributed by atoms with E-state index in [4.69, 9.17) is 0 Å². The highest BCUT2D eigenvalue weighted by Crippen LogP contribution is 2.30. The van der Waals surface area contributed by atoms with Gasteiger partial charge in [-0.05, 0) is 32.2 Å². The van der Waals surface area contributed by atoms with E-state index in [1.54, 1.807) is 0 Å². The Kier molecular flexibility index (Phi) is 5.12. The predicted octanol–water partition coefficient (Wildman–Crippen LogP) is 3.33. The summed E-state index contributed by atoms with van der Waals surface area (Å²) in [5.41, 5.74) is 0.264. The van der Waals surface area contributed by atoms with Crippen LogP contribution in [0.3, 0.4) is 0 Å². The van der Waals surface area contributed by atoms with Gasteiger partial charge in [-0.15, -0.1) is 0 Å². The second-order valence-corrected chi connectivity index (χ2v) is 6.12. The Morgan fingerprint density at radius 2 is 1.79 bits per heavy atom. The van der Waals surface area contributed by atoms with Gasteiger partial charge in [0.15, 0.2) is 0 Å². The van der Waals surface area contributed by atoms with Crippen LogP contribution in [-0.2, 0) is 0 Å². The van der Waals surface area contributed by atoms with E-state index in [1.807, 2.05) is 0 Å². The molecule has 0 bridgehead atoms. The zero-order valence-corrected chi connectivity index (χ0v) is 11.6. The largest absolute Gasteiger partial charge is 0.389 e. The monoisotopic (exact) mass is 278 g/mol. The number of halogens is 3. The van der Waals surface area contributed by atoms with Gasteiger partial charge in [-0.25, -0.2) is 0 Å². The minimum absolute atomic E-state index is 0.264. The Balaban J connectivity index is 1.69. The molecule has 1 spiro atoms. The molecule has 0 atom stereocenters. The van der Waals surface area contributed by atoms with Gasteiger partial charge in [0.05, 0.1) is 0 Å². The average molecular weight is 278 g/mol. The smallest absolute Gasteiger partial charge is 0.309 e. The van der Waals surface area contributed by atoms with Crippen LogP contribution >= 0.6 is 0 Å². The molecule has 2 nitrogen and oxygen atoms in total. The Morgan fingerprint density at radius 3 is 2.47 bits per heavy atom. The zero-order valence-electron chi connectivity index (χ0n) is 11.6. The van der Waals surface area contributed by atoms with Gasteiger partial charge < -0.3 is 10.2 Å². The first-order valence-electron chi connectivity index (χ1n) is 7.53. The first kappa shape index (κ1) is 15.1. The Labute approximate surface area is 113 Å². The first-order valence-corrected chi connectivity index (χ1v) is 7.53. The molecule has 1 saturated carbocycles. The fourth-order valence-corrected chi connectivity index (χ4v) is 3.46. The molecule has 1 N–H and O–H groups in total. The molecular weight excluding hydrogens is 253 g/mol. The minimum Gasteiger partial charge on any atom is -0.309 e. The van der Waals surface area contributed by atoms with Gasteiger partial charge >= 0.3 is 6.18 Å². The van der Waals surface area contributed by atoms with Crippen LogP contribution < -0.4 is 5.32 Å². The molecule has 1 aliphatic carbocycles. The van der Waals surface area contributed by atoms with Gasteiger partial charge in [0.1, 0.15) is 0 Å². The molecule has 112 valence electrons. The number of hydrogen-bond donors (Lipinski definition) is 1. The summed E-state index contributed by atoms with van der Waals surface area (Å²) >= 11 is 0. The Bertz CT molecular complexity index is 267. The van der Waals surface area contributed by atoms with Crippen LogP contribution in [0.25, 0.3) is 0 Å². The van der Waals surface area contributed by atoms with Crippen molar-refractivity contribution < 1.29 is 13.2 Å². The van der Waals surface area contributed by atoms with E-state index in [9.17, 15) is 13.2 Å². The Morgan fingerprint density at radius 1 is 1.05 bits per heavy atom. The normalized spacial score (nSPS) is 24.8. The lowest BCUT2D eigenvalue weighted by molar-refractivity contribution is -0.135. The van der Waals surface area contributed by atoms with Crippen molar-refractivity contribution in [2.24, 2.45) is 0 Å². The van der Waals surface area contributed by atoms with E-state index in [1.165, 1.54) is 32.1 Å². The van der Waals surface area contributed by atoms with Crippen LogP contribution in [-0.4, -0.2) is 42.8 Å². The highest BCUT2D eigenvalue weighted by molar-refractivity contribution is 4.96. The van der Waals surface area contributed by atoms with Crippen LogP contribution in [0.4, 0.5) is 13.2 Å². The zero-order chi connectivity index (χ0) is 13.8. The number of piperazine rings is 1. The molecule has 2 aliphatic rings. The number of nitrogens with one attached hydrogen (secondary N) is 1. The lowest BCUT2D eigenvalue weighted by Crippen LogP contribution is -2.61. The molecule has 19 heavy (non-hydrogen) atoms. The molecule has 5 heteroatoms. The maximum atomic E-state index is 12.1. The summed E-state index contributed by atoms with van der Waals surface area (Å²) in [4.78, 5) is 2.36. The number of hydrogen-bond acceptors (Lipinski definition) is 2. The van der Waals surface area contributed by atoms with Crippen molar-refractivity contribution in [1.29, 1.82) is 0 Å². The van der Waals surface area contributed by atoms with E-state index in [0.29, 0.717) is 6.42 Å². The summed E-state index contributed by atoms with van der Waals surface area (Å²) < 4.78 is 36.2. The number of rotatable bonds is 4. The van der Waals surface area contributed by atoms with Crippen molar-refractivity contribution in [2.45, 2.75) is 63.1 Å². The van der Waals surface area contributed by atoms with E-state index in [-0.39, 0.29) is 12.0 Å². The number of unbranched alkanes of at least 4 members (excludes halogenated alkanes) is 1. The maximum absolute atomic E-state index is 12.1. The van der Waals surface area contributed by atoms with Gasteiger partial charge in [-0.2, -0.15) is 13.2 Å². The van der Waals surface area contributed by atoms with Crippen LogP contribution in [0.2, 0.25) is 0 Å². The van der Waals surface area contributed by atoms with Crippen molar-refractivity contribution in [3.8, 4) is 0 Å². The highest BCUT2D eigenvalue weighted by Gasteiger charge is 2.35. The maximum Gasteiger partial charge on any atom is 0.389 e. The van der Waals surface area contributed by atoms with Crippen molar-refractivity contribution in [3.63, 3.8) is 0 Å². The van der Waals surface area contributed by atoms with Crippen LogP contribution in [0.1, 0.15) is 51.4 Å².